The molecule has 3 aliphatic heterocycles. The summed E-state index contributed by atoms with van der Waals surface area (Å²) in [4.78, 5) is 37.9. The molecule has 9 nitrogen and oxygen atoms in total. The van der Waals surface area contributed by atoms with Crippen molar-refractivity contribution in [1.29, 1.82) is 0 Å². The van der Waals surface area contributed by atoms with Gasteiger partial charge in [-0.3, -0.25) is 9.59 Å². The van der Waals surface area contributed by atoms with Crippen molar-refractivity contribution in [2.45, 2.75) is 76.6 Å². The Labute approximate surface area is 195 Å². The highest BCUT2D eigenvalue weighted by molar-refractivity contribution is 5.91. The van der Waals surface area contributed by atoms with Crippen LogP contribution in [-0.2, 0) is 20.7 Å². The van der Waals surface area contributed by atoms with Crippen LogP contribution in [0.15, 0.2) is 24.3 Å². The first-order chi connectivity index (χ1) is 15.7. The standard InChI is InChI=1S/C15H26N4O4.C9H10O/c1-15(2,3)23-14(22)18-10-8-17-7-6-9-4-5-11(12(16)20)19(9)13(10)21;1-2-6-9-8(4-1)5-3-7-10-9/h9-11,17H,4-8H2,1-3H3,(H2,16,20)(H,18,22);1-2,4,6H,3,5,7H2. The SMILES string of the molecule is CC(C)(C)OC(=O)NC1CNCCC2CCC(C(N)=O)N2C1=O.c1ccc2c(c1)CCCO2. The summed E-state index contributed by atoms with van der Waals surface area (Å²) in [6.07, 6.45) is 3.79. The molecule has 3 heterocycles. The largest absolute Gasteiger partial charge is 0.493 e. The summed E-state index contributed by atoms with van der Waals surface area (Å²) in [6, 6.07) is 6.87. The van der Waals surface area contributed by atoms with Gasteiger partial charge in [0.25, 0.3) is 0 Å². The highest BCUT2D eigenvalue weighted by Gasteiger charge is 2.43. The van der Waals surface area contributed by atoms with Gasteiger partial charge in [-0.2, -0.15) is 0 Å². The van der Waals surface area contributed by atoms with Gasteiger partial charge in [0.05, 0.1) is 6.61 Å². The first kappa shape index (κ1) is 24.8. The van der Waals surface area contributed by atoms with Crippen LogP contribution in [0.1, 0.15) is 52.0 Å². The van der Waals surface area contributed by atoms with Crippen LogP contribution in [0.5, 0.6) is 5.75 Å². The van der Waals surface area contributed by atoms with E-state index in [4.69, 9.17) is 15.2 Å². The molecule has 4 N–H and O–H groups in total. The fourth-order valence-electron chi connectivity index (χ4n) is 4.42. The number of amides is 3. The molecule has 4 rings (SSSR count). The molecule has 0 aliphatic carbocycles. The van der Waals surface area contributed by atoms with Crippen LogP contribution >= 0.6 is 0 Å². The van der Waals surface area contributed by atoms with Crippen molar-refractivity contribution >= 4 is 17.9 Å². The molecule has 0 saturated carbocycles. The number of alkyl carbamates (subject to hydrolysis) is 1. The van der Waals surface area contributed by atoms with Gasteiger partial charge in [-0.15, -0.1) is 0 Å². The van der Waals surface area contributed by atoms with Crippen molar-refractivity contribution in [1.82, 2.24) is 15.5 Å². The predicted octanol–water partition coefficient (Wildman–Crippen LogP) is 1.73. The average Bonchev–Trinajstić information content (AvgIpc) is 3.17. The van der Waals surface area contributed by atoms with Gasteiger partial charge in [0.2, 0.25) is 11.8 Å². The second-order valence-electron chi connectivity index (χ2n) is 9.65. The third-order valence-electron chi connectivity index (χ3n) is 5.90. The number of nitrogens with one attached hydrogen (secondary N) is 2. The Kier molecular flexibility index (Phi) is 8.18. The minimum absolute atomic E-state index is 0.0178. The molecular formula is C24H36N4O5. The quantitative estimate of drug-likeness (QED) is 0.618. The Morgan fingerprint density at radius 3 is 2.67 bits per heavy atom. The number of nitrogens with two attached hydrogens (primary N) is 1. The number of benzene rings is 1. The zero-order valence-corrected chi connectivity index (χ0v) is 19.8. The van der Waals surface area contributed by atoms with Crippen molar-refractivity contribution in [3.63, 3.8) is 0 Å². The summed E-state index contributed by atoms with van der Waals surface area (Å²) >= 11 is 0. The number of ether oxygens (including phenoxy) is 2. The zero-order valence-electron chi connectivity index (χ0n) is 19.8. The van der Waals surface area contributed by atoms with Crippen molar-refractivity contribution in [2.24, 2.45) is 5.73 Å². The highest BCUT2D eigenvalue weighted by Crippen LogP contribution is 2.28. The number of aryl methyl sites for hydroxylation is 1. The van der Waals surface area contributed by atoms with E-state index < -0.39 is 29.7 Å². The second kappa shape index (κ2) is 10.9. The number of hydrogen-bond donors (Lipinski definition) is 3. The van der Waals surface area contributed by atoms with Gasteiger partial charge in [0.1, 0.15) is 23.4 Å². The fourth-order valence-corrected chi connectivity index (χ4v) is 4.42. The van der Waals surface area contributed by atoms with Gasteiger partial charge >= 0.3 is 6.09 Å². The topological polar surface area (TPSA) is 123 Å². The van der Waals surface area contributed by atoms with E-state index in [0.717, 1.165) is 31.6 Å². The molecule has 1 aromatic rings. The monoisotopic (exact) mass is 460 g/mol. The maximum atomic E-state index is 12.8. The van der Waals surface area contributed by atoms with Crippen LogP contribution in [0.25, 0.3) is 0 Å². The lowest BCUT2D eigenvalue weighted by atomic mass is 10.1. The fraction of sp³-hybridized carbons (Fsp3) is 0.625. The van der Waals surface area contributed by atoms with E-state index in [0.29, 0.717) is 19.5 Å². The van der Waals surface area contributed by atoms with Gasteiger partial charge in [-0.05, 0) is 71.0 Å². The van der Waals surface area contributed by atoms with E-state index in [1.54, 1.807) is 25.7 Å². The molecule has 0 radical (unpaired) electrons. The molecule has 0 bridgehead atoms. The number of hydrogen-bond acceptors (Lipinski definition) is 6. The van der Waals surface area contributed by atoms with E-state index in [9.17, 15) is 14.4 Å². The van der Waals surface area contributed by atoms with Gasteiger partial charge in [-0.25, -0.2) is 4.79 Å². The maximum Gasteiger partial charge on any atom is 0.408 e. The number of para-hydroxylation sites is 1. The van der Waals surface area contributed by atoms with Crippen LogP contribution in [0, 0.1) is 0 Å². The van der Waals surface area contributed by atoms with E-state index in [1.165, 1.54) is 12.0 Å². The number of primary amides is 1. The Bertz CT molecular complexity index is 829. The molecule has 9 heteroatoms. The van der Waals surface area contributed by atoms with Crippen LogP contribution < -0.4 is 21.1 Å². The van der Waals surface area contributed by atoms with Gasteiger partial charge in [-0.1, -0.05) is 18.2 Å². The molecule has 1 aromatic carbocycles. The molecule has 0 aromatic heterocycles. The molecule has 2 fully saturated rings. The lowest BCUT2D eigenvalue weighted by molar-refractivity contribution is -0.141. The minimum Gasteiger partial charge on any atom is -0.493 e. The molecular weight excluding hydrogens is 424 g/mol. The maximum absolute atomic E-state index is 12.8. The average molecular weight is 461 g/mol. The van der Waals surface area contributed by atoms with Gasteiger partial charge in [0.15, 0.2) is 0 Å². The number of carbonyl (C=O) groups is 3. The van der Waals surface area contributed by atoms with Crippen molar-refractivity contribution in [2.75, 3.05) is 19.7 Å². The van der Waals surface area contributed by atoms with Crippen LogP contribution in [0.2, 0.25) is 0 Å². The highest BCUT2D eigenvalue weighted by atomic mass is 16.6. The third kappa shape index (κ3) is 6.83. The number of carbonyl (C=O) groups excluding carboxylic acids is 3. The molecule has 182 valence electrons. The normalized spacial score (nSPS) is 24.6. The summed E-state index contributed by atoms with van der Waals surface area (Å²) < 4.78 is 10.6. The Morgan fingerprint density at radius 2 is 1.97 bits per heavy atom. The van der Waals surface area contributed by atoms with Crippen molar-refractivity contribution in [3.05, 3.63) is 29.8 Å². The van der Waals surface area contributed by atoms with Crippen molar-refractivity contribution < 1.29 is 23.9 Å². The molecule has 33 heavy (non-hydrogen) atoms. The van der Waals surface area contributed by atoms with Gasteiger partial charge < -0.3 is 30.7 Å². The number of rotatable bonds is 2. The number of nitrogens with zero attached hydrogens (tertiary/aromatic N) is 1. The lowest BCUT2D eigenvalue weighted by Gasteiger charge is -2.35. The summed E-state index contributed by atoms with van der Waals surface area (Å²) in [5, 5.41) is 5.76. The Balaban J connectivity index is 0.000000252. The van der Waals surface area contributed by atoms with Crippen LogP contribution in [0.4, 0.5) is 4.79 Å². The van der Waals surface area contributed by atoms with Crippen molar-refractivity contribution in [3.8, 4) is 5.75 Å². The van der Waals surface area contributed by atoms with Gasteiger partial charge in [0, 0.05) is 12.6 Å². The van der Waals surface area contributed by atoms with E-state index in [2.05, 4.69) is 22.8 Å². The smallest absolute Gasteiger partial charge is 0.408 e. The number of fused-ring (bicyclic) bond motifs is 2. The van der Waals surface area contributed by atoms with Crippen LogP contribution in [-0.4, -0.2) is 66.2 Å². The summed E-state index contributed by atoms with van der Waals surface area (Å²) in [5.41, 5.74) is 6.14. The lowest BCUT2D eigenvalue weighted by Crippen LogP contribution is -2.60. The van der Waals surface area contributed by atoms with Crippen LogP contribution in [0.3, 0.4) is 0 Å². The summed E-state index contributed by atoms with van der Waals surface area (Å²) in [5.74, 6) is 0.300. The Hall–Kier alpha value is -2.81. The first-order valence-corrected chi connectivity index (χ1v) is 11.7. The zero-order chi connectivity index (χ0) is 24.0. The first-order valence-electron chi connectivity index (χ1n) is 11.7. The van der Waals surface area contributed by atoms with E-state index in [1.807, 2.05) is 12.1 Å². The molecule has 3 amide bonds. The third-order valence-corrected chi connectivity index (χ3v) is 5.90. The molecule has 3 aliphatic rings. The second-order valence-corrected chi connectivity index (χ2v) is 9.65. The van der Waals surface area contributed by atoms with E-state index >= 15 is 0 Å². The Morgan fingerprint density at radius 1 is 1.21 bits per heavy atom. The summed E-state index contributed by atoms with van der Waals surface area (Å²) in [6.45, 7) is 7.16. The predicted molar refractivity (Wildman–Crippen MR) is 124 cm³/mol. The van der Waals surface area contributed by atoms with E-state index in [-0.39, 0.29) is 11.9 Å². The summed E-state index contributed by atoms with van der Waals surface area (Å²) in [7, 11) is 0. The molecule has 0 spiro atoms. The minimum atomic E-state index is -0.771. The molecule has 3 unspecified atom stereocenters. The molecule has 2 saturated heterocycles. The molecule has 3 atom stereocenters.